The Hall–Kier alpha value is -3.80. The van der Waals surface area contributed by atoms with Gasteiger partial charge < -0.3 is 19.7 Å². The average Bonchev–Trinajstić information content (AvgIpc) is 2.94. The summed E-state index contributed by atoms with van der Waals surface area (Å²) in [6.07, 6.45) is 4.62. The molecule has 1 unspecified atom stereocenters. The number of hydrogen-bond donors (Lipinski definition) is 1. The standard InChI is InChI=1S/C34H42N2O4/c1-5-39-33(38)34(3,4)40-28-18-16-26(17-19-28)24-32(37)35-30(23-27-13-11-12-25(2)22-27)29-14-7-8-15-31(29)36-20-9-6-10-21-36/h7-8,11-19,22,30H,5-6,9-10,20-21,23-24H2,1-4H3,(H,35,37). The van der Waals surface area contributed by atoms with Crippen LogP contribution < -0.4 is 15.0 Å². The molecule has 0 saturated carbocycles. The Morgan fingerprint density at radius 3 is 2.35 bits per heavy atom. The molecule has 0 bridgehead atoms. The van der Waals surface area contributed by atoms with E-state index in [-0.39, 0.29) is 18.4 Å². The van der Waals surface area contributed by atoms with Gasteiger partial charge in [0.15, 0.2) is 5.60 Å². The number of ether oxygens (including phenoxy) is 2. The molecular weight excluding hydrogens is 500 g/mol. The smallest absolute Gasteiger partial charge is 0.349 e. The first kappa shape index (κ1) is 29.2. The third-order valence-electron chi connectivity index (χ3n) is 7.29. The van der Waals surface area contributed by atoms with Gasteiger partial charge in [-0.2, -0.15) is 0 Å². The van der Waals surface area contributed by atoms with E-state index in [2.05, 4.69) is 65.7 Å². The molecule has 6 heteroatoms. The molecule has 40 heavy (non-hydrogen) atoms. The second-order valence-corrected chi connectivity index (χ2v) is 11.1. The van der Waals surface area contributed by atoms with E-state index >= 15 is 0 Å². The number of hydrogen-bond acceptors (Lipinski definition) is 5. The molecule has 1 atom stereocenters. The van der Waals surface area contributed by atoms with Crippen molar-refractivity contribution in [2.24, 2.45) is 0 Å². The van der Waals surface area contributed by atoms with Gasteiger partial charge in [0, 0.05) is 18.8 Å². The molecule has 6 nitrogen and oxygen atoms in total. The largest absolute Gasteiger partial charge is 0.476 e. The van der Waals surface area contributed by atoms with Gasteiger partial charge in [-0.1, -0.05) is 60.2 Å². The molecule has 1 heterocycles. The van der Waals surface area contributed by atoms with E-state index in [1.807, 2.05) is 12.1 Å². The Balaban J connectivity index is 1.50. The SMILES string of the molecule is CCOC(=O)C(C)(C)Oc1ccc(CC(=O)NC(Cc2cccc(C)c2)c2ccccc2N2CCCCC2)cc1. The molecule has 212 valence electrons. The van der Waals surface area contributed by atoms with Crippen molar-refractivity contribution in [3.05, 3.63) is 95.1 Å². The maximum Gasteiger partial charge on any atom is 0.349 e. The first-order valence-electron chi connectivity index (χ1n) is 14.4. The Morgan fingerprint density at radius 2 is 1.65 bits per heavy atom. The van der Waals surface area contributed by atoms with Crippen molar-refractivity contribution in [1.82, 2.24) is 5.32 Å². The zero-order valence-corrected chi connectivity index (χ0v) is 24.2. The first-order chi connectivity index (χ1) is 19.2. The highest BCUT2D eigenvalue weighted by atomic mass is 16.6. The molecule has 4 rings (SSSR count). The molecule has 0 aromatic heterocycles. The van der Waals surface area contributed by atoms with Crippen LogP contribution in [0.3, 0.4) is 0 Å². The summed E-state index contributed by atoms with van der Waals surface area (Å²) < 4.78 is 11.0. The molecule has 1 saturated heterocycles. The monoisotopic (exact) mass is 542 g/mol. The maximum absolute atomic E-state index is 13.4. The van der Waals surface area contributed by atoms with Crippen LogP contribution in [0.2, 0.25) is 0 Å². The van der Waals surface area contributed by atoms with Crippen molar-refractivity contribution in [2.75, 3.05) is 24.6 Å². The minimum atomic E-state index is -1.10. The number of nitrogens with one attached hydrogen (secondary N) is 1. The number of esters is 1. The van der Waals surface area contributed by atoms with E-state index < -0.39 is 11.6 Å². The molecule has 1 aliphatic heterocycles. The number of benzene rings is 3. The first-order valence-corrected chi connectivity index (χ1v) is 14.4. The summed E-state index contributed by atoms with van der Waals surface area (Å²) >= 11 is 0. The van der Waals surface area contributed by atoms with Gasteiger partial charge in [-0.3, -0.25) is 4.79 Å². The lowest BCUT2D eigenvalue weighted by Gasteiger charge is -2.33. The normalized spacial score (nSPS) is 14.3. The van der Waals surface area contributed by atoms with Gasteiger partial charge in [-0.05, 0) is 88.3 Å². The number of amides is 1. The van der Waals surface area contributed by atoms with E-state index in [1.165, 1.54) is 36.1 Å². The Labute approximate surface area is 238 Å². The highest BCUT2D eigenvalue weighted by Crippen LogP contribution is 2.31. The number of carbonyl (C=O) groups excluding carboxylic acids is 2. The van der Waals surface area contributed by atoms with Crippen LogP contribution in [0.1, 0.15) is 68.3 Å². The van der Waals surface area contributed by atoms with Crippen molar-refractivity contribution in [2.45, 2.75) is 71.4 Å². The number of anilines is 1. The van der Waals surface area contributed by atoms with Crippen LogP contribution in [0, 0.1) is 6.92 Å². The number of aryl methyl sites for hydroxylation is 1. The van der Waals surface area contributed by atoms with E-state index in [0.29, 0.717) is 18.8 Å². The van der Waals surface area contributed by atoms with Gasteiger partial charge >= 0.3 is 5.97 Å². The molecule has 1 fully saturated rings. The fourth-order valence-corrected chi connectivity index (χ4v) is 5.27. The van der Waals surface area contributed by atoms with Crippen molar-refractivity contribution in [1.29, 1.82) is 0 Å². The zero-order chi connectivity index (χ0) is 28.5. The Kier molecular flexibility index (Phi) is 9.86. The highest BCUT2D eigenvalue weighted by Gasteiger charge is 2.31. The predicted octanol–water partition coefficient (Wildman–Crippen LogP) is 6.35. The molecule has 3 aromatic carbocycles. The number of para-hydroxylation sites is 1. The minimum absolute atomic E-state index is 0.0355. The van der Waals surface area contributed by atoms with Gasteiger partial charge in [-0.25, -0.2) is 4.79 Å². The Bertz CT molecular complexity index is 1280. The molecule has 3 aromatic rings. The third kappa shape index (κ3) is 7.87. The summed E-state index contributed by atoms with van der Waals surface area (Å²) in [5, 5.41) is 3.35. The summed E-state index contributed by atoms with van der Waals surface area (Å²) in [6.45, 7) is 9.62. The van der Waals surface area contributed by atoms with Crippen LogP contribution in [0.4, 0.5) is 5.69 Å². The van der Waals surface area contributed by atoms with Crippen molar-refractivity contribution in [3.8, 4) is 5.75 Å². The van der Waals surface area contributed by atoms with E-state index in [9.17, 15) is 9.59 Å². The average molecular weight is 543 g/mol. The number of carbonyl (C=O) groups is 2. The van der Waals surface area contributed by atoms with Gasteiger partial charge in [0.05, 0.1) is 19.1 Å². The van der Waals surface area contributed by atoms with Gasteiger partial charge in [0.2, 0.25) is 5.91 Å². The van der Waals surface area contributed by atoms with Crippen LogP contribution in [0.25, 0.3) is 0 Å². The molecule has 0 radical (unpaired) electrons. The van der Waals surface area contributed by atoms with Crippen LogP contribution in [-0.2, 0) is 27.2 Å². The predicted molar refractivity (Wildman–Crippen MR) is 160 cm³/mol. The molecule has 0 spiro atoms. The van der Waals surface area contributed by atoms with Crippen LogP contribution in [0.15, 0.2) is 72.8 Å². The Morgan fingerprint density at radius 1 is 0.925 bits per heavy atom. The zero-order valence-electron chi connectivity index (χ0n) is 24.2. The lowest BCUT2D eigenvalue weighted by Crippen LogP contribution is -2.39. The van der Waals surface area contributed by atoms with E-state index in [1.54, 1.807) is 32.9 Å². The molecular formula is C34H42N2O4. The van der Waals surface area contributed by atoms with E-state index in [4.69, 9.17) is 9.47 Å². The summed E-state index contributed by atoms with van der Waals surface area (Å²) in [7, 11) is 0. The van der Waals surface area contributed by atoms with Crippen molar-refractivity contribution in [3.63, 3.8) is 0 Å². The molecule has 1 amide bonds. The summed E-state index contributed by atoms with van der Waals surface area (Å²) in [5.41, 5.74) is 4.55. The summed E-state index contributed by atoms with van der Waals surface area (Å²) in [4.78, 5) is 28.0. The van der Waals surface area contributed by atoms with Crippen LogP contribution in [-0.4, -0.2) is 37.2 Å². The fraction of sp³-hybridized carbons (Fsp3) is 0.412. The lowest BCUT2D eigenvalue weighted by molar-refractivity contribution is -0.158. The third-order valence-corrected chi connectivity index (χ3v) is 7.29. The van der Waals surface area contributed by atoms with Gasteiger partial charge in [0.1, 0.15) is 5.75 Å². The van der Waals surface area contributed by atoms with Crippen LogP contribution >= 0.6 is 0 Å². The van der Waals surface area contributed by atoms with Crippen LogP contribution in [0.5, 0.6) is 5.75 Å². The van der Waals surface area contributed by atoms with Gasteiger partial charge in [0.25, 0.3) is 0 Å². The second-order valence-electron chi connectivity index (χ2n) is 11.1. The van der Waals surface area contributed by atoms with Crippen molar-refractivity contribution >= 4 is 17.6 Å². The second kappa shape index (κ2) is 13.5. The number of piperidine rings is 1. The maximum atomic E-state index is 13.4. The lowest BCUT2D eigenvalue weighted by atomic mass is 9.95. The molecule has 1 N–H and O–H groups in total. The van der Waals surface area contributed by atoms with Gasteiger partial charge in [-0.15, -0.1) is 0 Å². The number of rotatable bonds is 11. The van der Waals surface area contributed by atoms with Crippen molar-refractivity contribution < 1.29 is 19.1 Å². The topological polar surface area (TPSA) is 67.9 Å². The molecule has 0 aliphatic carbocycles. The number of nitrogens with zero attached hydrogens (tertiary/aromatic N) is 1. The summed E-state index contributed by atoms with van der Waals surface area (Å²) in [6, 6.07) is 24.2. The van der Waals surface area contributed by atoms with E-state index in [0.717, 1.165) is 24.2 Å². The molecule has 1 aliphatic rings. The quantitative estimate of drug-likeness (QED) is 0.286. The summed E-state index contributed by atoms with van der Waals surface area (Å²) in [5.74, 6) is 0.101. The minimum Gasteiger partial charge on any atom is -0.476 e. The fourth-order valence-electron chi connectivity index (χ4n) is 5.27. The highest BCUT2D eigenvalue weighted by molar-refractivity contribution is 5.80.